The second kappa shape index (κ2) is 10.7. The molecule has 35 heavy (non-hydrogen) atoms. The number of rotatable bonds is 7. The van der Waals surface area contributed by atoms with Crippen molar-refractivity contribution in [3.63, 3.8) is 0 Å². The molecule has 0 spiro atoms. The van der Waals surface area contributed by atoms with E-state index < -0.39 is 12.0 Å². The first-order chi connectivity index (χ1) is 16.7. The van der Waals surface area contributed by atoms with Crippen LogP contribution in [0.25, 0.3) is 5.82 Å². The fourth-order valence-corrected chi connectivity index (χ4v) is 5.02. The predicted octanol–water partition coefficient (Wildman–Crippen LogP) is 6.47. The number of halogens is 4. The third-order valence-electron chi connectivity index (χ3n) is 6.49. The first kappa shape index (κ1) is 25.6. The van der Waals surface area contributed by atoms with E-state index in [2.05, 4.69) is 61.1 Å². The van der Waals surface area contributed by atoms with E-state index in [1.54, 1.807) is 19.1 Å². The number of pyridine rings is 1. The number of nitrogens with zero attached hydrogens (tertiary/aromatic N) is 5. The van der Waals surface area contributed by atoms with Crippen molar-refractivity contribution in [2.75, 3.05) is 18.4 Å². The van der Waals surface area contributed by atoms with Crippen LogP contribution in [-0.2, 0) is 19.0 Å². The lowest BCUT2D eigenvalue weighted by molar-refractivity contribution is -0.144. The van der Waals surface area contributed by atoms with Gasteiger partial charge in [0, 0.05) is 11.7 Å². The van der Waals surface area contributed by atoms with Gasteiger partial charge in [0.05, 0.1) is 0 Å². The molecule has 6 nitrogen and oxygen atoms in total. The summed E-state index contributed by atoms with van der Waals surface area (Å²) in [6.07, 6.45) is 0.579. The molecule has 0 bridgehead atoms. The highest BCUT2D eigenvalue weighted by atomic mass is 79.9. The Morgan fingerprint density at radius 2 is 1.83 bits per heavy atom. The summed E-state index contributed by atoms with van der Waals surface area (Å²) in [6, 6.07) is 10.0. The Balaban J connectivity index is 1.63. The summed E-state index contributed by atoms with van der Waals surface area (Å²) in [6.45, 7) is 8.33. The third-order valence-corrected chi connectivity index (χ3v) is 6.93. The summed E-state index contributed by atoms with van der Waals surface area (Å²) in [4.78, 5) is 10.7. The molecule has 10 heteroatoms. The normalized spacial score (nSPS) is 16.3. The number of fused-ring (bicyclic) bond motifs is 1. The topological polar surface area (TPSA) is 58.9 Å². The van der Waals surface area contributed by atoms with Crippen molar-refractivity contribution in [3.8, 4) is 5.82 Å². The van der Waals surface area contributed by atoms with E-state index in [9.17, 15) is 13.2 Å². The summed E-state index contributed by atoms with van der Waals surface area (Å²) in [5.74, 6) is -0.968. The molecule has 1 unspecified atom stereocenters. The second-order valence-corrected chi connectivity index (χ2v) is 9.72. The highest BCUT2D eigenvalue weighted by Gasteiger charge is 2.37. The zero-order chi connectivity index (χ0) is 25.2. The average molecular weight is 551 g/mol. The molecule has 0 saturated heterocycles. The van der Waals surface area contributed by atoms with Gasteiger partial charge in [-0.25, -0.2) is 4.98 Å². The molecule has 1 aliphatic carbocycles. The van der Waals surface area contributed by atoms with Gasteiger partial charge in [-0.15, -0.1) is 5.10 Å². The summed E-state index contributed by atoms with van der Waals surface area (Å²) in [5, 5.41) is 6.81. The van der Waals surface area contributed by atoms with Gasteiger partial charge in [0.15, 0.2) is 5.82 Å². The van der Waals surface area contributed by atoms with Crippen molar-refractivity contribution in [1.29, 1.82) is 0 Å². The zero-order valence-corrected chi connectivity index (χ0v) is 21.7. The molecule has 0 saturated carbocycles. The molecule has 4 rings (SSSR count). The predicted molar refractivity (Wildman–Crippen MR) is 134 cm³/mol. The van der Waals surface area contributed by atoms with Crippen LogP contribution in [0.3, 0.4) is 0 Å². The van der Waals surface area contributed by atoms with Crippen LogP contribution in [0.2, 0.25) is 0 Å². The molecular formula is C25H30BrF3N6. The van der Waals surface area contributed by atoms with Gasteiger partial charge in [0.2, 0.25) is 5.95 Å². The monoisotopic (exact) mass is 550 g/mol. The van der Waals surface area contributed by atoms with Crippen molar-refractivity contribution in [3.05, 3.63) is 57.4 Å². The third kappa shape index (κ3) is 5.86. The standard InChI is InChI=1S/C25H30BrF3N6/c1-4-14-34(5-2)20-11-8-17-7-10-19(15-18(17)9-12-20)30-24-32-23(25(27,28)29)33-35(24)22-16(3)6-13-21(26)31-22/h6-7,10,13,15,20H,4-5,8-9,11-12,14H2,1-3H3,(H,30,32,33). The van der Waals surface area contributed by atoms with Crippen molar-refractivity contribution in [1.82, 2.24) is 24.6 Å². The largest absolute Gasteiger partial charge is 0.453 e. The number of hydrogen-bond acceptors (Lipinski definition) is 5. The highest BCUT2D eigenvalue weighted by molar-refractivity contribution is 9.10. The van der Waals surface area contributed by atoms with Gasteiger partial charge in [-0.1, -0.05) is 26.0 Å². The number of aryl methyl sites for hydroxylation is 3. The Kier molecular flexibility index (Phi) is 7.80. The van der Waals surface area contributed by atoms with E-state index in [-0.39, 0.29) is 11.8 Å². The van der Waals surface area contributed by atoms with Gasteiger partial charge in [0.1, 0.15) is 4.60 Å². The minimum Gasteiger partial charge on any atom is -0.324 e. The van der Waals surface area contributed by atoms with Gasteiger partial charge >= 0.3 is 6.18 Å². The van der Waals surface area contributed by atoms with Crippen LogP contribution in [0.4, 0.5) is 24.8 Å². The first-order valence-corrected chi connectivity index (χ1v) is 12.8. The Morgan fingerprint density at radius 3 is 2.51 bits per heavy atom. The Bertz CT molecular complexity index is 1180. The van der Waals surface area contributed by atoms with Crippen LogP contribution >= 0.6 is 15.9 Å². The van der Waals surface area contributed by atoms with Gasteiger partial charge in [0.25, 0.3) is 5.82 Å². The molecular weight excluding hydrogens is 521 g/mol. The van der Waals surface area contributed by atoms with Crippen LogP contribution < -0.4 is 5.32 Å². The quantitative estimate of drug-likeness (QED) is 0.269. The van der Waals surface area contributed by atoms with E-state index in [1.807, 2.05) is 12.1 Å². The average Bonchev–Trinajstić information content (AvgIpc) is 3.13. The molecule has 3 aromatic rings. The number of alkyl halides is 3. The molecule has 2 heterocycles. The summed E-state index contributed by atoms with van der Waals surface area (Å²) in [7, 11) is 0. The molecule has 1 aromatic carbocycles. The molecule has 2 aromatic heterocycles. The fourth-order valence-electron chi connectivity index (χ4n) is 4.72. The number of aromatic nitrogens is 4. The summed E-state index contributed by atoms with van der Waals surface area (Å²) in [5.41, 5.74) is 3.88. The molecule has 1 atom stereocenters. The minimum atomic E-state index is -4.67. The van der Waals surface area contributed by atoms with Crippen molar-refractivity contribution in [2.45, 2.75) is 65.1 Å². The zero-order valence-electron chi connectivity index (χ0n) is 20.2. The number of nitrogens with one attached hydrogen (secondary N) is 1. The first-order valence-electron chi connectivity index (χ1n) is 12.0. The highest BCUT2D eigenvalue weighted by Crippen LogP contribution is 2.31. The van der Waals surface area contributed by atoms with E-state index in [4.69, 9.17) is 0 Å². The SMILES string of the molecule is CCCN(CC)C1CCc2ccc(Nc3nc(C(F)(F)F)nn3-c3nc(Br)ccc3C)cc2CC1. The van der Waals surface area contributed by atoms with Crippen molar-refractivity contribution in [2.24, 2.45) is 0 Å². The lowest BCUT2D eigenvalue weighted by Crippen LogP contribution is -2.36. The van der Waals surface area contributed by atoms with Gasteiger partial charge < -0.3 is 10.2 Å². The van der Waals surface area contributed by atoms with E-state index in [1.165, 1.54) is 11.1 Å². The van der Waals surface area contributed by atoms with E-state index in [0.717, 1.165) is 49.9 Å². The van der Waals surface area contributed by atoms with Crippen molar-refractivity contribution >= 4 is 27.6 Å². The fraction of sp³-hybridized carbons (Fsp3) is 0.480. The Morgan fingerprint density at radius 1 is 1.09 bits per heavy atom. The van der Waals surface area contributed by atoms with Gasteiger partial charge in [-0.05, 0) is 103 Å². The smallest absolute Gasteiger partial charge is 0.324 e. The Hall–Kier alpha value is -2.46. The lowest BCUT2D eigenvalue weighted by Gasteiger charge is -2.29. The minimum absolute atomic E-state index is 0.0300. The lowest BCUT2D eigenvalue weighted by atomic mass is 10.0. The van der Waals surface area contributed by atoms with Crippen LogP contribution in [-0.4, -0.2) is 43.8 Å². The van der Waals surface area contributed by atoms with E-state index >= 15 is 0 Å². The Labute approximate surface area is 212 Å². The van der Waals surface area contributed by atoms with E-state index in [0.29, 0.717) is 21.9 Å². The van der Waals surface area contributed by atoms with Crippen LogP contribution in [0.1, 0.15) is 55.6 Å². The van der Waals surface area contributed by atoms with Gasteiger partial charge in [-0.3, -0.25) is 0 Å². The maximum Gasteiger partial charge on any atom is 0.453 e. The van der Waals surface area contributed by atoms with Crippen molar-refractivity contribution < 1.29 is 13.2 Å². The maximum absolute atomic E-state index is 13.5. The molecule has 0 fully saturated rings. The number of anilines is 2. The second-order valence-electron chi connectivity index (χ2n) is 8.91. The molecule has 0 amide bonds. The number of benzene rings is 1. The molecule has 188 valence electrons. The van der Waals surface area contributed by atoms with Gasteiger partial charge in [-0.2, -0.15) is 22.8 Å². The maximum atomic E-state index is 13.5. The summed E-state index contributed by atoms with van der Waals surface area (Å²) >= 11 is 3.29. The molecule has 0 radical (unpaired) electrons. The van der Waals surface area contributed by atoms with Crippen LogP contribution in [0, 0.1) is 6.92 Å². The molecule has 1 N–H and O–H groups in total. The van der Waals surface area contributed by atoms with Crippen LogP contribution in [0.15, 0.2) is 34.9 Å². The number of hydrogen-bond donors (Lipinski definition) is 1. The molecule has 1 aliphatic rings. The molecule has 0 aliphatic heterocycles. The van der Waals surface area contributed by atoms with Crippen LogP contribution in [0.5, 0.6) is 0 Å². The summed E-state index contributed by atoms with van der Waals surface area (Å²) < 4.78 is 42.0.